The van der Waals surface area contributed by atoms with Gasteiger partial charge in [0.2, 0.25) is 0 Å². The number of carbonyl (C=O) groups excluding carboxylic acids is 4. The molecule has 17 nitrogen and oxygen atoms in total. The minimum Gasteiger partial charge on any atom is -0.462 e. The van der Waals surface area contributed by atoms with Crippen LogP contribution in [-0.2, 0) is 65.4 Å². The summed E-state index contributed by atoms with van der Waals surface area (Å²) in [4.78, 5) is 72.8. The summed E-state index contributed by atoms with van der Waals surface area (Å²) in [6, 6.07) is 0. The number of ether oxygens (including phenoxy) is 4. The van der Waals surface area contributed by atoms with Crippen LogP contribution in [0.15, 0.2) is 0 Å². The zero-order chi connectivity index (χ0) is 69.3. The lowest BCUT2D eigenvalue weighted by Gasteiger charge is -2.21. The molecule has 0 aliphatic heterocycles. The standard InChI is InChI=1S/C75H146O17P2/c1-7-9-11-13-15-17-19-23-28-34-40-46-52-58-73(78)86-63-70(91-74(79)59-53-47-41-35-29-25-22-21-24-26-31-37-43-49-55-67(3)4)65-89-93(81,82)87-61-69(76)62-88-94(83,84)90-66-71(92-75(80)60-54-48-42-36-30-32-38-44-50-56-68(5)6)64-85-72(77)57-51-45-39-33-27-20-18-16-14-12-10-8-2/h67-71,76H,7-66H2,1-6H3,(H,81,82)(H,83,84)/t69-,70-,71-/m1/s1. The van der Waals surface area contributed by atoms with Crippen LogP contribution in [0.25, 0.3) is 0 Å². The maximum absolute atomic E-state index is 13.1. The molecule has 0 rings (SSSR count). The van der Waals surface area contributed by atoms with Gasteiger partial charge in [-0.3, -0.25) is 37.3 Å². The lowest BCUT2D eigenvalue weighted by Crippen LogP contribution is -2.30. The van der Waals surface area contributed by atoms with Crippen LogP contribution in [-0.4, -0.2) is 96.7 Å². The molecule has 3 N–H and O–H groups in total. The molecule has 5 atom stereocenters. The van der Waals surface area contributed by atoms with Crippen molar-refractivity contribution in [3.05, 3.63) is 0 Å². The Bertz CT molecular complexity index is 1820. The topological polar surface area (TPSA) is 237 Å². The van der Waals surface area contributed by atoms with Gasteiger partial charge in [0.25, 0.3) is 0 Å². The van der Waals surface area contributed by atoms with Crippen LogP contribution in [0.2, 0.25) is 0 Å². The van der Waals surface area contributed by atoms with Crippen molar-refractivity contribution < 1.29 is 80.2 Å². The number of carbonyl (C=O) groups is 4. The van der Waals surface area contributed by atoms with E-state index in [4.69, 9.17) is 37.0 Å². The lowest BCUT2D eigenvalue weighted by atomic mass is 10.0. The fraction of sp³-hybridized carbons (Fsp3) is 0.947. The average Bonchev–Trinajstić information content (AvgIpc) is 1.84. The summed E-state index contributed by atoms with van der Waals surface area (Å²) >= 11 is 0. The van der Waals surface area contributed by atoms with E-state index in [1.54, 1.807) is 0 Å². The third kappa shape index (κ3) is 68.6. The van der Waals surface area contributed by atoms with E-state index >= 15 is 0 Å². The molecule has 0 aliphatic rings. The summed E-state index contributed by atoms with van der Waals surface area (Å²) in [7, 11) is -9.91. The number of aliphatic hydroxyl groups is 1. The van der Waals surface area contributed by atoms with Gasteiger partial charge in [-0.05, 0) is 37.5 Å². The highest BCUT2D eigenvalue weighted by Gasteiger charge is 2.30. The zero-order valence-electron chi connectivity index (χ0n) is 61.3. The predicted octanol–water partition coefficient (Wildman–Crippen LogP) is 21.9. The van der Waals surface area contributed by atoms with Gasteiger partial charge in [0.1, 0.15) is 19.3 Å². The number of phosphoric acid groups is 2. The van der Waals surface area contributed by atoms with E-state index in [1.807, 2.05) is 0 Å². The van der Waals surface area contributed by atoms with E-state index in [0.717, 1.165) is 102 Å². The van der Waals surface area contributed by atoms with Gasteiger partial charge in [-0.25, -0.2) is 9.13 Å². The summed E-state index contributed by atoms with van der Waals surface area (Å²) in [5.41, 5.74) is 0. The number of phosphoric ester groups is 2. The molecule has 2 unspecified atom stereocenters. The first-order chi connectivity index (χ1) is 45.4. The first-order valence-electron chi connectivity index (χ1n) is 39.0. The van der Waals surface area contributed by atoms with Crippen LogP contribution in [0.4, 0.5) is 0 Å². The maximum atomic E-state index is 13.1. The fourth-order valence-electron chi connectivity index (χ4n) is 11.5. The Morgan fingerprint density at radius 2 is 0.489 bits per heavy atom. The van der Waals surface area contributed by atoms with E-state index in [-0.39, 0.29) is 25.7 Å². The molecular weight excluding hydrogens is 1230 g/mol. The SMILES string of the molecule is CCCCCCCCCCCCCCCC(=O)OC[C@H](COP(=O)(O)OC[C@@H](O)COP(=O)(O)OC[C@@H](COC(=O)CCCCCCCCCCCCCC)OC(=O)CCCCCCCCCCCC(C)C)OC(=O)CCCCCCCCCCCCCCCCC(C)C. The Morgan fingerprint density at radius 3 is 0.723 bits per heavy atom. The molecule has 0 saturated heterocycles. The highest BCUT2D eigenvalue weighted by molar-refractivity contribution is 7.47. The fourth-order valence-corrected chi connectivity index (χ4v) is 13.1. The number of unbranched alkanes of at least 4 members (excludes halogenated alkanes) is 44. The molecule has 0 aromatic heterocycles. The van der Waals surface area contributed by atoms with Gasteiger partial charge in [-0.15, -0.1) is 0 Å². The number of rotatable bonds is 74. The van der Waals surface area contributed by atoms with Crippen LogP contribution in [0.3, 0.4) is 0 Å². The smallest absolute Gasteiger partial charge is 0.462 e. The van der Waals surface area contributed by atoms with Crippen LogP contribution >= 0.6 is 15.6 Å². The summed E-state index contributed by atoms with van der Waals surface area (Å²) in [6.45, 7) is 9.59. The third-order valence-electron chi connectivity index (χ3n) is 17.5. The molecule has 0 aromatic carbocycles. The molecular formula is C75H146O17P2. The minimum atomic E-state index is -4.96. The van der Waals surface area contributed by atoms with E-state index in [0.29, 0.717) is 25.7 Å². The molecule has 0 saturated carbocycles. The van der Waals surface area contributed by atoms with Crippen LogP contribution < -0.4 is 0 Å². The summed E-state index contributed by atoms with van der Waals surface area (Å²) in [6.07, 6.45) is 53.9. The van der Waals surface area contributed by atoms with Crippen LogP contribution in [0.1, 0.15) is 388 Å². The summed E-state index contributed by atoms with van der Waals surface area (Å²) < 4.78 is 68.5. The number of hydrogen-bond acceptors (Lipinski definition) is 15. The quantitative estimate of drug-likeness (QED) is 0.0222. The van der Waals surface area contributed by atoms with Crippen LogP contribution in [0, 0.1) is 11.8 Å². The molecule has 0 amide bonds. The Labute approximate surface area is 575 Å². The van der Waals surface area contributed by atoms with Gasteiger partial charge in [0.15, 0.2) is 12.2 Å². The van der Waals surface area contributed by atoms with Crippen molar-refractivity contribution in [2.24, 2.45) is 11.8 Å². The zero-order valence-corrected chi connectivity index (χ0v) is 63.1. The first kappa shape index (κ1) is 92.1. The Balaban J connectivity index is 5.25. The van der Waals surface area contributed by atoms with E-state index < -0.39 is 97.5 Å². The summed E-state index contributed by atoms with van der Waals surface area (Å²) in [5, 5.41) is 10.6. The second-order valence-electron chi connectivity index (χ2n) is 28.0. The van der Waals surface area contributed by atoms with Gasteiger partial charge < -0.3 is 33.8 Å². The Hall–Kier alpha value is -1.94. The Kier molecular flexibility index (Phi) is 65.5. The van der Waals surface area contributed by atoms with Crippen molar-refractivity contribution in [2.45, 2.75) is 407 Å². The highest BCUT2D eigenvalue weighted by atomic mass is 31.2. The van der Waals surface area contributed by atoms with Gasteiger partial charge >= 0.3 is 39.5 Å². The molecule has 0 heterocycles. The summed E-state index contributed by atoms with van der Waals surface area (Å²) in [5.74, 6) is -0.583. The van der Waals surface area contributed by atoms with Gasteiger partial charge in [0.05, 0.1) is 26.4 Å². The van der Waals surface area contributed by atoms with Crippen molar-refractivity contribution in [3.8, 4) is 0 Å². The number of esters is 4. The molecule has 19 heteroatoms. The first-order valence-corrected chi connectivity index (χ1v) is 42.0. The molecule has 558 valence electrons. The van der Waals surface area contributed by atoms with E-state index in [9.17, 15) is 43.2 Å². The molecule has 94 heavy (non-hydrogen) atoms. The monoisotopic (exact) mass is 1380 g/mol. The third-order valence-corrected chi connectivity index (χ3v) is 19.4. The van der Waals surface area contributed by atoms with Gasteiger partial charge in [0, 0.05) is 25.7 Å². The molecule has 0 fully saturated rings. The van der Waals surface area contributed by atoms with Gasteiger partial charge in [-0.2, -0.15) is 0 Å². The number of hydrogen-bond donors (Lipinski definition) is 3. The molecule has 0 bridgehead atoms. The highest BCUT2D eigenvalue weighted by Crippen LogP contribution is 2.45. The second-order valence-corrected chi connectivity index (χ2v) is 30.9. The van der Waals surface area contributed by atoms with Crippen molar-refractivity contribution in [1.82, 2.24) is 0 Å². The lowest BCUT2D eigenvalue weighted by molar-refractivity contribution is -0.161. The van der Waals surface area contributed by atoms with Crippen molar-refractivity contribution in [1.29, 1.82) is 0 Å². The van der Waals surface area contributed by atoms with E-state index in [1.165, 1.54) is 205 Å². The van der Waals surface area contributed by atoms with Crippen molar-refractivity contribution >= 4 is 39.5 Å². The van der Waals surface area contributed by atoms with Crippen molar-refractivity contribution in [2.75, 3.05) is 39.6 Å². The van der Waals surface area contributed by atoms with Crippen LogP contribution in [0.5, 0.6) is 0 Å². The second kappa shape index (κ2) is 66.9. The maximum Gasteiger partial charge on any atom is 0.472 e. The largest absolute Gasteiger partial charge is 0.472 e. The van der Waals surface area contributed by atoms with Crippen molar-refractivity contribution in [3.63, 3.8) is 0 Å². The Morgan fingerprint density at radius 1 is 0.287 bits per heavy atom. The number of aliphatic hydroxyl groups excluding tert-OH is 1. The molecule has 0 aliphatic carbocycles. The average molecular weight is 1380 g/mol. The normalized spacial score (nSPS) is 14.0. The molecule has 0 radical (unpaired) electrons. The molecule has 0 aromatic rings. The van der Waals surface area contributed by atoms with Gasteiger partial charge in [-0.1, -0.05) is 337 Å². The predicted molar refractivity (Wildman–Crippen MR) is 381 cm³/mol. The van der Waals surface area contributed by atoms with E-state index in [2.05, 4.69) is 41.5 Å². The molecule has 0 spiro atoms. The minimum absolute atomic E-state index is 0.106.